The van der Waals surface area contributed by atoms with E-state index in [1.54, 1.807) is 12.1 Å². The molecule has 0 radical (unpaired) electrons. The fraction of sp³-hybridized carbons (Fsp3) is 0.300. The Labute approximate surface area is 93.8 Å². The molecule has 0 atom stereocenters. The van der Waals surface area contributed by atoms with Crippen LogP contribution in [0.1, 0.15) is 5.56 Å². The van der Waals surface area contributed by atoms with Gasteiger partial charge in [0.05, 0.1) is 20.6 Å². The number of methoxy groups -OCH3 is 2. The van der Waals surface area contributed by atoms with Gasteiger partial charge in [-0.15, -0.1) is 0 Å². The van der Waals surface area contributed by atoms with E-state index in [-0.39, 0.29) is 11.9 Å². The van der Waals surface area contributed by atoms with Crippen LogP contribution >= 0.6 is 0 Å². The molecule has 86 valence electrons. The third-order valence-corrected chi connectivity index (χ3v) is 2.19. The molecule has 0 spiro atoms. The van der Waals surface area contributed by atoms with Crippen molar-refractivity contribution in [2.24, 2.45) is 0 Å². The average Bonchev–Trinajstić information content (AvgIpc) is 2.29. The Morgan fingerprint density at radius 1 is 1.38 bits per heavy atom. The summed E-state index contributed by atoms with van der Waals surface area (Å²) in [5.41, 5.74) is 0.743. The molecule has 0 bridgehead atoms. The monoisotopic (exact) mass is 224 g/mol. The lowest BCUT2D eigenvalue weighted by atomic mass is 9.76. The van der Waals surface area contributed by atoms with Gasteiger partial charge < -0.3 is 19.5 Å². The summed E-state index contributed by atoms with van der Waals surface area (Å²) in [6.45, 7) is 0. The molecule has 0 unspecified atom stereocenters. The van der Waals surface area contributed by atoms with E-state index in [9.17, 15) is 4.79 Å². The second-order valence-electron chi connectivity index (χ2n) is 3.19. The van der Waals surface area contributed by atoms with E-state index in [0.29, 0.717) is 11.3 Å². The minimum Gasteiger partial charge on any atom is -0.497 e. The lowest BCUT2D eigenvalue weighted by Crippen LogP contribution is -2.34. The molecule has 1 rings (SSSR count). The maximum Gasteiger partial charge on any atom is 0.488 e. The summed E-state index contributed by atoms with van der Waals surface area (Å²) in [6.07, 6.45) is -0.00650. The number of hydrogen-bond acceptors (Lipinski definition) is 5. The van der Waals surface area contributed by atoms with E-state index < -0.39 is 13.1 Å². The summed E-state index contributed by atoms with van der Waals surface area (Å²) in [5.74, 6) is 0.0591. The van der Waals surface area contributed by atoms with Crippen molar-refractivity contribution in [1.82, 2.24) is 0 Å². The van der Waals surface area contributed by atoms with Gasteiger partial charge in [-0.25, -0.2) is 0 Å². The highest BCUT2D eigenvalue weighted by atomic mass is 16.5. The number of ether oxygens (including phenoxy) is 2. The molecular weight excluding hydrogens is 211 g/mol. The highest BCUT2D eigenvalue weighted by Gasteiger charge is 2.18. The van der Waals surface area contributed by atoms with Crippen LogP contribution in [0, 0.1) is 0 Å². The Balaban J connectivity index is 3.03. The van der Waals surface area contributed by atoms with E-state index in [4.69, 9.17) is 14.8 Å². The molecule has 16 heavy (non-hydrogen) atoms. The Kier molecular flexibility index (Phi) is 4.33. The van der Waals surface area contributed by atoms with Crippen molar-refractivity contribution in [3.8, 4) is 5.75 Å². The third kappa shape index (κ3) is 2.98. The van der Waals surface area contributed by atoms with E-state index in [0.717, 1.165) is 0 Å². The predicted octanol–water partition coefficient (Wildman–Crippen LogP) is -0.910. The average molecular weight is 224 g/mol. The normalized spacial score (nSPS) is 9.75. The van der Waals surface area contributed by atoms with Crippen LogP contribution in [0.4, 0.5) is 0 Å². The van der Waals surface area contributed by atoms with Gasteiger partial charge in [-0.1, -0.05) is 6.07 Å². The van der Waals surface area contributed by atoms with Crippen molar-refractivity contribution in [3.63, 3.8) is 0 Å². The zero-order valence-corrected chi connectivity index (χ0v) is 9.14. The van der Waals surface area contributed by atoms with Crippen LogP contribution in [-0.4, -0.2) is 37.4 Å². The van der Waals surface area contributed by atoms with Crippen LogP contribution < -0.4 is 10.2 Å². The van der Waals surface area contributed by atoms with Crippen molar-refractivity contribution in [1.29, 1.82) is 0 Å². The van der Waals surface area contributed by atoms with Gasteiger partial charge in [-0.3, -0.25) is 4.79 Å². The van der Waals surface area contributed by atoms with Crippen LogP contribution in [-0.2, 0) is 16.0 Å². The molecule has 0 heterocycles. The van der Waals surface area contributed by atoms with Crippen molar-refractivity contribution in [3.05, 3.63) is 23.8 Å². The van der Waals surface area contributed by atoms with Gasteiger partial charge in [0.1, 0.15) is 5.75 Å². The summed E-state index contributed by atoms with van der Waals surface area (Å²) in [6, 6.07) is 4.72. The molecule has 0 aliphatic heterocycles. The number of esters is 1. The zero-order valence-electron chi connectivity index (χ0n) is 9.14. The number of benzene rings is 1. The first kappa shape index (κ1) is 12.5. The van der Waals surface area contributed by atoms with Crippen molar-refractivity contribution in [2.75, 3.05) is 14.2 Å². The van der Waals surface area contributed by atoms with Gasteiger partial charge in [-0.2, -0.15) is 0 Å². The van der Waals surface area contributed by atoms with Crippen molar-refractivity contribution >= 4 is 18.6 Å². The van der Waals surface area contributed by atoms with Crippen LogP contribution in [0.25, 0.3) is 0 Å². The first-order valence-corrected chi connectivity index (χ1v) is 4.68. The largest absolute Gasteiger partial charge is 0.497 e. The Morgan fingerprint density at radius 2 is 2.06 bits per heavy atom. The maximum absolute atomic E-state index is 11.1. The van der Waals surface area contributed by atoms with Gasteiger partial charge in [0.2, 0.25) is 0 Å². The Hall–Kier alpha value is -1.53. The van der Waals surface area contributed by atoms with Crippen LogP contribution in [0.15, 0.2) is 18.2 Å². The number of rotatable bonds is 4. The van der Waals surface area contributed by atoms with Gasteiger partial charge in [0.25, 0.3) is 0 Å². The maximum atomic E-state index is 11.1. The van der Waals surface area contributed by atoms with E-state index in [2.05, 4.69) is 4.74 Å². The molecule has 6 heteroatoms. The lowest BCUT2D eigenvalue weighted by molar-refractivity contribution is -0.139. The molecule has 0 aliphatic carbocycles. The molecule has 0 amide bonds. The summed E-state index contributed by atoms with van der Waals surface area (Å²) in [7, 11) is 1.11. The molecule has 2 N–H and O–H groups in total. The molecule has 0 fully saturated rings. The quantitative estimate of drug-likeness (QED) is 0.511. The van der Waals surface area contributed by atoms with E-state index >= 15 is 0 Å². The second kappa shape index (κ2) is 5.53. The van der Waals surface area contributed by atoms with Crippen LogP contribution in [0.2, 0.25) is 0 Å². The molecule has 0 aromatic heterocycles. The van der Waals surface area contributed by atoms with E-state index in [1.165, 1.54) is 20.3 Å². The van der Waals surface area contributed by atoms with Crippen molar-refractivity contribution < 1.29 is 24.3 Å². The first-order chi connectivity index (χ1) is 7.58. The summed E-state index contributed by atoms with van der Waals surface area (Å²) >= 11 is 0. The molecule has 5 nitrogen and oxygen atoms in total. The highest BCUT2D eigenvalue weighted by molar-refractivity contribution is 6.59. The molecule has 0 saturated carbocycles. The van der Waals surface area contributed by atoms with Gasteiger partial charge in [-0.05, 0) is 23.2 Å². The topological polar surface area (TPSA) is 76.0 Å². The van der Waals surface area contributed by atoms with Crippen LogP contribution in [0.3, 0.4) is 0 Å². The first-order valence-electron chi connectivity index (χ1n) is 4.68. The number of carbonyl (C=O) groups is 1. The standard InChI is InChI=1S/C10H13BO5/c1-15-8-4-3-7(5-10(12)16-2)9(6-8)11(13)14/h3-4,6,13-14H,5H2,1-2H3. The predicted molar refractivity (Wildman–Crippen MR) is 58.5 cm³/mol. The third-order valence-electron chi connectivity index (χ3n) is 2.19. The summed E-state index contributed by atoms with van der Waals surface area (Å²) in [5, 5.41) is 18.3. The highest BCUT2D eigenvalue weighted by Crippen LogP contribution is 2.11. The van der Waals surface area contributed by atoms with Gasteiger partial charge in [0, 0.05) is 0 Å². The molecule has 0 saturated heterocycles. The summed E-state index contributed by atoms with van der Waals surface area (Å²) < 4.78 is 9.46. The molecule has 1 aromatic carbocycles. The Morgan fingerprint density at radius 3 is 2.56 bits per heavy atom. The molecular formula is C10H13BO5. The second-order valence-corrected chi connectivity index (χ2v) is 3.19. The lowest BCUT2D eigenvalue weighted by Gasteiger charge is -2.09. The van der Waals surface area contributed by atoms with Crippen molar-refractivity contribution in [2.45, 2.75) is 6.42 Å². The van der Waals surface area contributed by atoms with Crippen LogP contribution in [0.5, 0.6) is 5.75 Å². The minimum absolute atomic E-state index is 0.00650. The molecule has 0 aliphatic rings. The fourth-order valence-corrected chi connectivity index (χ4v) is 1.33. The van der Waals surface area contributed by atoms with Gasteiger partial charge >= 0.3 is 13.1 Å². The number of carbonyl (C=O) groups excluding carboxylic acids is 1. The van der Waals surface area contributed by atoms with E-state index in [1.807, 2.05) is 0 Å². The van der Waals surface area contributed by atoms with Gasteiger partial charge in [0.15, 0.2) is 0 Å². The fourth-order valence-electron chi connectivity index (χ4n) is 1.33. The minimum atomic E-state index is -1.64. The zero-order chi connectivity index (χ0) is 12.1. The SMILES string of the molecule is COC(=O)Cc1ccc(OC)cc1B(O)O. The summed E-state index contributed by atoms with van der Waals surface area (Å²) in [4.78, 5) is 11.1. The Bertz CT molecular complexity index is 377. The number of hydrogen-bond donors (Lipinski definition) is 2. The smallest absolute Gasteiger partial charge is 0.488 e. The molecule has 1 aromatic rings.